The number of carbonyl (C=O) groups excluding carboxylic acids is 1. The van der Waals surface area contributed by atoms with Gasteiger partial charge in [-0.3, -0.25) is 9.00 Å². The molecule has 0 radical (unpaired) electrons. The molecule has 0 aliphatic heterocycles. The molecule has 1 heterocycles. The molecule has 2 unspecified atom stereocenters. The van der Waals surface area contributed by atoms with E-state index in [1.807, 2.05) is 0 Å². The fourth-order valence-corrected chi connectivity index (χ4v) is 2.32. The number of rotatable bonds is 3. The predicted molar refractivity (Wildman–Crippen MR) is 65.6 cm³/mol. The summed E-state index contributed by atoms with van der Waals surface area (Å²) in [5, 5.41) is -0.551. The summed E-state index contributed by atoms with van der Waals surface area (Å²) in [6.45, 7) is 1.50. The second-order valence-corrected chi connectivity index (χ2v) is 5.35. The number of carbonyl (C=O) groups is 1. The van der Waals surface area contributed by atoms with Gasteiger partial charge in [0, 0.05) is 5.69 Å². The van der Waals surface area contributed by atoms with Crippen molar-refractivity contribution in [2.24, 2.45) is 5.73 Å². The van der Waals surface area contributed by atoms with Gasteiger partial charge in [-0.2, -0.15) is 0 Å². The highest BCUT2D eigenvalue weighted by molar-refractivity contribution is 7.86. The molecule has 0 fully saturated rings. The minimum Gasteiger partial charge on any atom is -0.399 e. The summed E-state index contributed by atoms with van der Waals surface area (Å²) < 4.78 is 11.9. The Labute approximate surface area is 99.9 Å². The number of imidazole rings is 1. The minimum atomic E-state index is -1.58. The summed E-state index contributed by atoms with van der Waals surface area (Å²) in [7, 11) is -1.58. The van der Waals surface area contributed by atoms with E-state index in [4.69, 9.17) is 11.5 Å². The molecule has 0 saturated heterocycles. The number of nitrogens with zero attached hydrogens (tertiary/aromatic N) is 1. The van der Waals surface area contributed by atoms with E-state index in [-0.39, 0.29) is 5.16 Å². The van der Waals surface area contributed by atoms with E-state index < -0.39 is 22.0 Å². The first kappa shape index (κ1) is 11.6. The topological polar surface area (TPSA) is 115 Å². The molecule has 17 heavy (non-hydrogen) atoms. The van der Waals surface area contributed by atoms with Gasteiger partial charge in [0.1, 0.15) is 16.0 Å². The Kier molecular flexibility index (Phi) is 2.84. The quantitative estimate of drug-likeness (QED) is 0.673. The standard InChI is InChI=1S/C10H12N4O2S/c1-5(9(12)15)17(16)10-13-7-3-2-6(11)4-8(7)14-10/h2-5H,11H2,1H3,(H2,12,15)(H,13,14). The first-order valence-corrected chi connectivity index (χ1v) is 6.15. The van der Waals surface area contributed by atoms with Crippen molar-refractivity contribution < 1.29 is 9.00 Å². The molecule has 1 amide bonds. The predicted octanol–water partition coefficient (Wildman–Crippen LogP) is 0.126. The number of benzene rings is 1. The molecular weight excluding hydrogens is 240 g/mol. The summed E-state index contributed by atoms with van der Waals surface area (Å²) in [4.78, 5) is 18.0. The monoisotopic (exact) mass is 252 g/mol. The van der Waals surface area contributed by atoms with Crippen LogP contribution in [-0.4, -0.2) is 25.3 Å². The van der Waals surface area contributed by atoms with Gasteiger partial charge >= 0.3 is 0 Å². The highest BCUT2D eigenvalue weighted by Crippen LogP contribution is 2.17. The third-order valence-electron chi connectivity index (χ3n) is 2.40. The van der Waals surface area contributed by atoms with E-state index in [0.29, 0.717) is 16.7 Å². The van der Waals surface area contributed by atoms with Crippen LogP contribution in [0.4, 0.5) is 5.69 Å². The van der Waals surface area contributed by atoms with Crippen molar-refractivity contribution in [1.82, 2.24) is 9.97 Å². The van der Waals surface area contributed by atoms with Crippen molar-refractivity contribution in [3.05, 3.63) is 18.2 Å². The van der Waals surface area contributed by atoms with Gasteiger partial charge in [0.05, 0.1) is 11.0 Å². The molecule has 0 saturated carbocycles. The van der Waals surface area contributed by atoms with Crippen LogP contribution >= 0.6 is 0 Å². The molecule has 2 atom stereocenters. The maximum absolute atomic E-state index is 11.9. The lowest BCUT2D eigenvalue weighted by atomic mass is 10.3. The summed E-state index contributed by atoms with van der Waals surface area (Å²) in [5.41, 5.74) is 12.6. The third-order valence-corrected chi connectivity index (χ3v) is 3.85. The average Bonchev–Trinajstić information content (AvgIpc) is 2.69. The fraction of sp³-hybridized carbons (Fsp3) is 0.200. The van der Waals surface area contributed by atoms with Crippen LogP contribution in [-0.2, 0) is 15.6 Å². The van der Waals surface area contributed by atoms with Gasteiger partial charge in [-0.25, -0.2) is 4.98 Å². The number of amides is 1. The van der Waals surface area contributed by atoms with E-state index in [1.54, 1.807) is 18.2 Å². The smallest absolute Gasteiger partial charge is 0.233 e. The number of primary amides is 1. The Morgan fingerprint density at radius 1 is 1.53 bits per heavy atom. The third kappa shape index (κ3) is 2.14. The van der Waals surface area contributed by atoms with E-state index in [0.717, 1.165) is 0 Å². The summed E-state index contributed by atoms with van der Waals surface area (Å²) in [6, 6.07) is 5.11. The van der Waals surface area contributed by atoms with Crippen LogP contribution in [0.3, 0.4) is 0 Å². The molecule has 1 aromatic heterocycles. The van der Waals surface area contributed by atoms with Crippen LogP contribution in [0.1, 0.15) is 6.92 Å². The second kappa shape index (κ2) is 4.17. The normalized spacial score (nSPS) is 14.6. The maximum atomic E-state index is 11.9. The van der Waals surface area contributed by atoms with Gasteiger partial charge in [-0.1, -0.05) is 0 Å². The number of hydrogen-bond acceptors (Lipinski definition) is 4. The van der Waals surface area contributed by atoms with E-state index in [2.05, 4.69) is 9.97 Å². The number of fused-ring (bicyclic) bond motifs is 1. The molecule has 90 valence electrons. The molecule has 0 bridgehead atoms. The first-order chi connectivity index (χ1) is 7.99. The Bertz CT molecular complexity index is 607. The van der Waals surface area contributed by atoms with Crippen molar-refractivity contribution in [3.8, 4) is 0 Å². The SMILES string of the molecule is CC(C(N)=O)S(=O)c1nc2ccc(N)cc2[nH]1. The van der Waals surface area contributed by atoms with Crippen molar-refractivity contribution >= 4 is 33.4 Å². The highest BCUT2D eigenvalue weighted by Gasteiger charge is 2.21. The van der Waals surface area contributed by atoms with Crippen LogP contribution < -0.4 is 11.5 Å². The second-order valence-electron chi connectivity index (χ2n) is 3.66. The van der Waals surface area contributed by atoms with Crippen molar-refractivity contribution in [3.63, 3.8) is 0 Å². The van der Waals surface area contributed by atoms with Gasteiger partial charge in [0.25, 0.3) is 0 Å². The number of hydrogen-bond donors (Lipinski definition) is 3. The largest absolute Gasteiger partial charge is 0.399 e. The molecule has 5 N–H and O–H groups in total. The van der Waals surface area contributed by atoms with Crippen LogP contribution in [0.5, 0.6) is 0 Å². The highest BCUT2D eigenvalue weighted by atomic mass is 32.2. The van der Waals surface area contributed by atoms with Crippen LogP contribution in [0.25, 0.3) is 11.0 Å². The summed E-state index contributed by atoms with van der Waals surface area (Å²) in [6.07, 6.45) is 0. The number of nitrogens with two attached hydrogens (primary N) is 2. The molecule has 6 nitrogen and oxygen atoms in total. The zero-order valence-corrected chi connectivity index (χ0v) is 9.95. The fourth-order valence-electron chi connectivity index (χ4n) is 1.37. The van der Waals surface area contributed by atoms with Gasteiger partial charge in [0.15, 0.2) is 5.16 Å². The molecule has 1 aromatic carbocycles. The number of aromatic nitrogens is 2. The lowest BCUT2D eigenvalue weighted by molar-refractivity contribution is -0.117. The van der Waals surface area contributed by atoms with E-state index in [9.17, 15) is 9.00 Å². The van der Waals surface area contributed by atoms with Crippen molar-refractivity contribution in [2.45, 2.75) is 17.3 Å². The Morgan fingerprint density at radius 3 is 2.88 bits per heavy atom. The summed E-state index contributed by atoms with van der Waals surface area (Å²) >= 11 is 0. The molecule has 0 aliphatic carbocycles. The Balaban J connectivity index is 2.43. The molecule has 2 aromatic rings. The Hall–Kier alpha value is -1.89. The lowest BCUT2D eigenvalue weighted by Gasteiger charge is -2.03. The van der Waals surface area contributed by atoms with E-state index in [1.165, 1.54) is 6.92 Å². The maximum Gasteiger partial charge on any atom is 0.233 e. The van der Waals surface area contributed by atoms with E-state index >= 15 is 0 Å². The minimum absolute atomic E-state index is 0.233. The summed E-state index contributed by atoms with van der Waals surface area (Å²) in [5.74, 6) is -0.622. The molecule has 2 rings (SSSR count). The lowest BCUT2D eigenvalue weighted by Crippen LogP contribution is -2.30. The van der Waals surface area contributed by atoms with Crippen LogP contribution in [0.2, 0.25) is 0 Å². The van der Waals surface area contributed by atoms with Gasteiger partial charge < -0.3 is 16.5 Å². The van der Waals surface area contributed by atoms with Gasteiger partial charge in [-0.05, 0) is 25.1 Å². The molecule has 0 spiro atoms. The van der Waals surface area contributed by atoms with Crippen molar-refractivity contribution in [2.75, 3.05) is 5.73 Å². The molecule has 7 heteroatoms. The van der Waals surface area contributed by atoms with Crippen molar-refractivity contribution in [1.29, 1.82) is 0 Å². The number of anilines is 1. The van der Waals surface area contributed by atoms with Crippen LogP contribution in [0.15, 0.2) is 23.4 Å². The number of H-pyrrole nitrogens is 1. The Morgan fingerprint density at radius 2 is 2.24 bits per heavy atom. The number of aromatic amines is 1. The zero-order chi connectivity index (χ0) is 12.6. The molecular formula is C10H12N4O2S. The number of nitrogen functional groups attached to an aromatic ring is 1. The average molecular weight is 252 g/mol. The number of nitrogens with one attached hydrogen (secondary N) is 1. The zero-order valence-electron chi connectivity index (χ0n) is 9.14. The van der Waals surface area contributed by atoms with Gasteiger partial charge in [-0.15, -0.1) is 0 Å². The molecule has 0 aliphatic rings. The van der Waals surface area contributed by atoms with Gasteiger partial charge in [0.2, 0.25) is 5.91 Å². The first-order valence-electron chi connectivity index (χ1n) is 4.94. The van der Waals surface area contributed by atoms with Crippen LogP contribution in [0, 0.1) is 0 Å².